The molecule has 3 aromatic rings. The van der Waals surface area contributed by atoms with E-state index in [1.807, 2.05) is 71.6 Å². The van der Waals surface area contributed by atoms with E-state index in [-0.39, 0.29) is 42.1 Å². The molecule has 7 nitrogen and oxygen atoms in total. The maximum absolute atomic E-state index is 13.3. The number of amides is 1. The van der Waals surface area contributed by atoms with Crippen LogP contribution in [0.4, 0.5) is 0 Å². The number of nitrogen functional groups attached to an aromatic ring is 1. The Morgan fingerprint density at radius 1 is 0.975 bits per heavy atom. The van der Waals surface area contributed by atoms with Crippen molar-refractivity contribution in [3.8, 4) is 16.9 Å². The largest absolute Gasteiger partial charge is 0.491 e. The average molecular weight is 564 g/mol. The number of ether oxygens (including phenoxy) is 2. The Hall–Kier alpha value is -3.84. The third kappa shape index (κ3) is 8.33. The first-order valence-corrected chi connectivity index (χ1v) is 13.5. The van der Waals surface area contributed by atoms with E-state index >= 15 is 0 Å². The van der Waals surface area contributed by atoms with Gasteiger partial charge in [-0.05, 0) is 60.9 Å². The Labute approximate surface area is 242 Å². The van der Waals surface area contributed by atoms with E-state index in [1.165, 1.54) is 12.7 Å². The van der Waals surface area contributed by atoms with Crippen molar-refractivity contribution in [1.82, 2.24) is 4.90 Å². The quantitative estimate of drug-likeness (QED) is 0.159. The van der Waals surface area contributed by atoms with E-state index in [0.29, 0.717) is 38.0 Å². The number of aryl methyl sites for hydroxylation is 1. The number of carbonyl (C=O) groups excluding carboxylic acids is 2. The number of rotatable bonds is 13. The molecule has 1 saturated heterocycles. The smallest absolute Gasteiger partial charge is 0.305 e. The van der Waals surface area contributed by atoms with Crippen LogP contribution in [0.5, 0.6) is 5.75 Å². The second-order valence-corrected chi connectivity index (χ2v) is 10.0. The summed E-state index contributed by atoms with van der Waals surface area (Å²) in [5, 5.41) is 7.55. The SMILES string of the molecule is COC(=O)CCC[C@@H]1C[C@@H](COc2ccc(-c3ccc(C(=N)N)cc3)cc2)N(CCCc2ccccc2)C1=O.Cl. The number of hydrogen-bond donors (Lipinski definition) is 2. The van der Waals surface area contributed by atoms with Crippen LogP contribution in [0.3, 0.4) is 0 Å². The van der Waals surface area contributed by atoms with Crippen molar-refractivity contribution in [3.05, 3.63) is 90.0 Å². The second-order valence-electron chi connectivity index (χ2n) is 10.0. The summed E-state index contributed by atoms with van der Waals surface area (Å²) in [7, 11) is 1.39. The van der Waals surface area contributed by atoms with Crippen LogP contribution in [0.15, 0.2) is 78.9 Å². The summed E-state index contributed by atoms with van der Waals surface area (Å²) in [6, 6.07) is 25.8. The van der Waals surface area contributed by atoms with E-state index in [2.05, 4.69) is 12.1 Å². The van der Waals surface area contributed by atoms with Crippen molar-refractivity contribution >= 4 is 30.1 Å². The number of esters is 1. The number of nitrogens with zero attached hydrogens (tertiary/aromatic N) is 1. The van der Waals surface area contributed by atoms with Gasteiger partial charge in [0, 0.05) is 24.4 Å². The molecule has 1 aliphatic heterocycles. The van der Waals surface area contributed by atoms with Crippen molar-refractivity contribution in [2.45, 2.75) is 44.6 Å². The highest BCUT2D eigenvalue weighted by atomic mass is 35.5. The van der Waals surface area contributed by atoms with Crippen LogP contribution in [-0.2, 0) is 20.7 Å². The van der Waals surface area contributed by atoms with E-state index in [4.69, 9.17) is 20.6 Å². The van der Waals surface area contributed by atoms with Crippen molar-refractivity contribution in [2.24, 2.45) is 11.7 Å². The van der Waals surface area contributed by atoms with Gasteiger partial charge in [-0.25, -0.2) is 0 Å². The monoisotopic (exact) mass is 563 g/mol. The van der Waals surface area contributed by atoms with Gasteiger partial charge in [0.1, 0.15) is 18.2 Å². The fourth-order valence-electron chi connectivity index (χ4n) is 5.13. The summed E-state index contributed by atoms with van der Waals surface area (Å²) in [5.74, 6) is 0.630. The molecule has 212 valence electrons. The van der Waals surface area contributed by atoms with Gasteiger partial charge in [-0.3, -0.25) is 15.0 Å². The van der Waals surface area contributed by atoms with Crippen LogP contribution in [0, 0.1) is 11.3 Å². The molecule has 0 saturated carbocycles. The Balaban J connectivity index is 0.00000441. The van der Waals surface area contributed by atoms with Crippen LogP contribution in [-0.4, -0.2) is 48.9 Å². The molecule has 8 heteroatoms. The van der Waals surface area contributed by atoms with E-state index in [1.54, 1.807) is 0 Å². The Morgan fingerprint density at radius 2 is 1.62 bits per heavy atom. The Bertz CT molecular complexity index is 1250. The number of halogens is 1. The summed E-state index contributed by atoms with van der Waals surface area (Å²) in [6.07, 6.45) is 4.18. The highest BCUT2D eigenvalue weighted by Gasteiger charge is 2.39. The highest BCUT2D eigenvalue weighted by Crippen LogP contribution is 2.30. The zero-order chi connectivity index (χ0) is 27.6. The molecular weight excluding hydrogens is 526 g/mol. The predicted octanol–water partition coefficient (Wildman–Crippen LogP) is 5.63. The van der Waals surface area contributed by atoms with Crippen molar-refractivity contribution in [1.29, 1.82) is 5.41 Å². The van der Waals surface area contributed by atoms with Crippen molar-refractivity contribution in [2.75, 3.05) is 20.3 Å². The van der Waals surface area contributed by atoms with Gasteiger partial charge in [-0.15, -0.1) is 12.4 Å². The molecule has 0 unspecified atom stereocenters. The number of amidine groups is 1. The van der Waals surface area contributed by atoms with Gasteiger partial charge in [0.05, 0.1) is 13.2 Å². The third-order valence-corrected chi connectivity index (χ3v) is 7.32. The lowest BCUT2D eigenvalue weighted by atomic mass is 9.98. The summed E-state index contributed by atoms with van der Waals surface area (Å²) in [6.45, 7) is 1.11. The predicted molar refractivity (Wildman–Crippen MR) is 160 cm³/mol. The zero-order valence-corrected chi connectivity index (χ0v) is 23.7. The first-order valence-electron chi connectivity index (χ1n) is 13.5. The van der Waals surface area contributed by atoms with Gasteiger partial charge in [-0.1, -0.05) is 66.7 Å². The van der Waals surface area contributed by atoms with Gasteiger partial charge in [0.2, 0.25) is 5.91 Å². The number of carbonyl (C=O) groups is 2. The molecule has 4 rings (SSSR count). The molecule has 1 aliphatic rings. The molecule has 0 radical (unpaired) electrons. The maximum Gasteiger partial charge on any atom is 0.305 e. The van der Waals surface area contributed by atoms with Crippen LogP contribution >= 0.6 is 12.4 Å². The van der Waals surface area contributed by atoms with Crippen molar-refractivity contribution < 1.29 is 19.1 Å². The summed E-state index contributed by atoms with van der Waals surface area (Å²) >= 11 is 0. The Kier molecular flexibility index (Phi) is 11.6. The summed E-state index contributed by atoms with van der Waals surface area (Å²) in [5.41, 5.74) is 9.59. The van der Waals surface area contributed by atoms with Crippen LogP contribution in [0.1, 0.15) is 43.2 Å². The number of nitrogens with two attached hydrogens (primary N) is 1. The molecule has 1 amide bonds. The van der Waals surface area contributed by atoms with E-state index in [0.717, 1.165) is 36.1 Å². The molecule has 40 heavy (non-hydrogen) atoms. The van der Waals surface area contributed by atoms with Gasteiger partial charge in [0.25, 0.3) is 0 Å². The molecule has 1 heterocycles. The second kappa shape index (κ2) is 15.1. The van der Waals surface area contributed by atoms with Crippen LogP contribution in [0.2, 0.25) is 0 Å². The zero-order valence-electron chi connectivity index (χ0n) is 22.9. The molecule has 2 atom stereocenters. The lowest BCUT2D eigenvalue weighted by Gasteiger charge is -2.25. The molecule has 0 aliphatic carbocycles. The third-order valence-electron chi connectivity index (χ3n) is 7.32. The van der Waals surface area contributed by atoms with E-state index in [9.17, 15) is 9.59 Å². The van der Waals surface area contributed by atoms with Gasteiger partial charge >= 0.3 is 5.97 Å². The molecule has 3 aromatic carbocycles. The number of methoxy groups -OCH3 is 1. The number of likely N-dealkylation sites (tertiary alicyclic amines) is 1. The van der Waals surface area contributed by atoms with Gasteiger partial charge in [0.15, 0.2) is 0 Å². The topological polar surface area (TPSA) is 106 Å². The minimum absolute atomic E-state index is 0. The lowest BCUT2D eigenvalue weighted by molar-refractivity contribution is -0.141. The molecule has 3 N–H and O–H groups in total. The maximum atomic E-state index is 13.3. The van der Waals surface area contributed by atoms with E-state index < -0.39 is 0 Å². The number of benzene rings is 3. The number of nitrogens with one attached hydrogen (secondary N) is 1. The molecule has 0 spiro atoms. The van der Waals surface area contributed by atoms with Gasteiger partial charge in [-0.2, -0.15) is 0 Å². The fourth-order valence-corrected chi connectivity index (χ4v) is 5.13. The molecular formula is C32H38ClN3O4. The minimum atomic E-state index is -0.238. The van der Waals surface area contributed by atoms with Crippen molar-refractivity contribution in [3.63, 3.8) is 0 Å². The summed E-state index contributed by atoms with van der Waals surface area (Å²) in [4.78, 5) is 26.8. The van der Waals surface area contributed by atoms with Crippen LogP contribution in [0.25, 0.3) is 11.1 Å². The standard InChI is InChI=1S/C32H37N3O4.ClH/c1-38-30(36)11-5-10-27-21-28(35(32(27)37)20-6-9-23-7-3-2-4-8-23)22-39-29-18-16-25(17-19-29)24-12-14-26(15-13-24)31(33)34;/h2-4,7-8,12-19,27-28H,5-6,9-11,20-22H2,1H3,(H3,33,34);1H/t27-,28+;/m1./s1. The normalized spacial score (nSPS) is 16.3. The number of hydrogen-bond acceptors (Lipinski definition) is 5. The molecule has 1 fully saturated rings. The van der Waals surface area contributed by atoms with Gasteiger partial charge < -0.3 is 20.1 Å². The summed E-state index contributed by atoms with van der Waals surface area (Å²) < 4.78 is 10.9. The Morgan fingerprint density at radius 3 is 2.25 bits per heavy atom. The average Bonchev–Trinajstić information content (AvgIpc) is 3.26. The first-order chi connectivity index (χ1) is 18.9. The molecule has 0 aromatic heterocycles. The lowest BCUT2D eigenvalue weighted by Crippen LogP contribution is -2.38. The minimum Gasteiger partial charge on any atom is -0.491 e. The van der Waals surface area contributed by atoms with Crippen LogP contribution < -0.4 is 10.5 Å². The first kappa shape index (κ1) is 30.7. The molecule has 0 bridgehead atoms. The highest BCUT2D eigenvalue weighted by molar-refractivity contribution is 5.95. The fraction of sp³-hybridized carbons (Fsp3) is 0.344.